The number of rotatable bonds is 20. The Morgan fingerprint density at radius 3 is 0.753 bits per heavy atom. The lowest BCUT2D eigenvalue weighted by molar-refractivity contribution is -0.191. The number of unbranched alkanes of at least 4 members (excludes halogenated alkanes) is 4. The van der Waals surface area contributed by atoms with Crippen LogP contribution in [0.5, 0.6) is 0 Å². The van der Waals surface area contributed by atoms with Gasteiger partial charge in [0.1, 0.15) is 0 Å². The zero-order valence-electron chi connectivity index (χ0n) is 59.6. The Bertz CT molecular complexity index is 2390. The molecule has 0 aromatic rings. The van der Waals surface area contributed by atoms with Crippen molar-refractivity contribution < 1.29 is 37.9 Å². The van der Waals surface area contributed by atoms with Crippen LogP contribution < -0.4 is 37.2 Å². The first-order chi connectivity index (χ1) is 45.7. The Labute approximate surface area is 563 Å². The molecule has 8 bridgehead atoms. The van der Waals surface area contributed by atoms with Gasteiger partial charge in [0.25, 0.3) is 0 Å². The molecule has 10 saturated carbocycles. The molecule has 15 rings (SSSR count). The summed E-state index contributed by atoms with van der Waals surface area (Å²) in [6.45, 7) is 12.6. The normalized spacial score (nSPS) is 52.2. The molecular weight excluding hydrogens is 1160 g/mol. The maximum Gasteiger partial charge on any atom is 0.0678 e. The molecule has 0 aromatic carbocycles. The van der Waals surface area contributed by atoms with Crippen molar-refractivity contribution in [3.63, 3.8) is 0 Å². The lowest BCUT2D eigenvalue weighted by atomic mass is 9.53. The first-order valence-corrected chi connectivity index (χ1v) is 40.4. The van der Waals surface area contributed by atoms with E-state index in [4.69, 9.17) is 53.8 Å². The molecule has 15 fully saturated rings. The zero-order chi connectivity index (χ0) is 63.6. The molecule has 36 atom stereocenters. The molecule has 36 unspecified atom stereocenters. The first kappa shape index (κ1) is 68.1. The lowest BCUT2D eigenvalue weighted by Crippen LogP contribution is -2.64. The van der Waals surface area contributed by atoms with Crippen LogP contribution in [0.4, 0.5) is 0 Å². The Morgan fingerprint density at radius 2 is 0.505 bits per heavy atom. The molecule has 0 aromatic heterocycles. The fourth-order valence-electron chi connectivity index (χ4n) is 26.6. The van der Waals surface area contributed by atoms with Crippen LogP contribution in [0.25, 0.3) is 0 Å². The first-order valence-electron chi connectivity index (χ1n) is 40.4. The molecule has 0 radical (unpaired) electrons. The van der Waals surface area contributed by atoms with Crippen LogP contribution in [0.3, 0.4) is 0 Å². The smallest absolute Gasteiger partial charge is 0.0678 e. The van der Waals surface area contributed by atoms with Gasteiger partial charge in [0, 0.05) is 102 Å². The SMILES string of the molecule is CCCCOC1C2CC3CCCCC3CC2C(OCCCC)C2C3NC(NC4NC(NC5C6C(OC)C7CCCCC7C(OC)C6C(NC6NC(N3)C3C(OCCCC)C7CC8CCCCC8CC7C(OCCCC)C63)N5C)C3C(OC)C5CCCCC5C(OC)C43)C12. The Kier molecular flexibility index (Phi) is 22.1. The second kappa shape index (κ2) is 30.1. The second-order valence-electron chi connectivity index (χ2n) is 34.2. The van der Waals surface area contributed by atoms with Crippen LogP contribution in [0.1, 0.15) is 207 Å². The number of fused-ring (bicyclic) bond motifs is 26. The van der Waals surface area contributed by atoms with E-state index in [0.29, 0.717) is 47.3 Å². The fraction of sp³-hybridized carbons (Fsp3) is 1.00. The molecule has 16 heteroatoms. The van der Waals surface area contributed by atoms with Gasteiger partial charge < -0.3 is 37.9 Å². The van der Waals surface area contributed by atoms with Gasteiger partial charge in [-0.15, -0.1) is 0 Å². The number of nitrogens with one attached hydrogen (secondary N) is 7. The fourth-order valence-corrected chi connectivity index (χ4v) is 26.6. The third-order valence-corrected chi connectivity index (χ3v) is 30.2. The van der Waals surface area contributed by atoms with Crippen LogP contribution in [0.2, 0.25) is 0 Å². The van der Waals surface area contributed by atoms with Crippen LogP contribution in [-0.4, -0.2) is 165 Å². The molecule has 16 nitrogen and oxygen atoms in total. The van der Waals surface area contributed by atoms with Crippen LogP contribution in [0, 0.1) is 118 Å². The van der Waals surface area contributed by atoms with Crippen LogP contribution >= 0.6 is 0 Å². The minimum absolute atomic E-state index is 0.0172. The summed E-state index contributed by atoms with van der Waals surface area (Å²) in [7, 11) is 10.6. The van der Waals surface area contributed by atoms with Crippen molar-refractivity contribution in [3.8, 4) is 0 Å². The molecule has 7 N–H and O–H groups in total. The van der Waals surface area contributed by atoms with E-state index in [1.165, 1.54) is 128 Å². The Hall–Kier alpha value is -0.640. The summed E-state index contributed by atoms with van der Waals surface area (Å²) in [5.41, 5.74) is 0. The minimum atomic E-state index is -0.0678. The highest BCUT2D eigenvalue weighted by Crippen LogP contribution is 2.62. The monoisotopic (exact) mass is 1300 g/mol. The largest absolute Gasteiger partial charge is 0.381 e. The predicted molar refractivity (Wildman–Crippen MR) is 364 cm³/mol. The van der Waals surface area contributed by atoms with Gasteiger partial charge in [-0.2, -0.15) is 0 Å². The van der Waals surface area contributed by atoms with Gasteiger partial charge >= 0.3 is 0 Å². The molecule has 0 amide bonds. The molecule has 5 saturated heterocycles. The van der Waals surface area contributed by atoms with Gasteiger partial charge in [0.2, 0.25) is 0 Å². The Morgan fingerprint density at radius 1 is 0.280 bits per heavy atom. The number of nitrogens with zero attached hydrogens (tertiary/aromatic N) is 1. The van der Waals surface area contributed by atoms with E-state index < -0.39 is 0 Å². The second-order valence-corrected chi connectivity index (χ2v) is 34.2. The van der Waals surface area contributed by atoms with E-state index in [1.807, 2.05) is 21.3 Å². The molecule has 15 aliphatic rings. The molecule has 10 aliphatic carbocycles. The summed E-state index contributed by atoms with van der Waals surface area (Å²) in [5, 5.41) is 32.8. The van der Waals surface area contributed by atoms with Gasteiger partial charge in [-0.05, 0) is 155 Å². The van der Waals surface area contributed by atoms with Gasteiger partial charge in [-0.1, -0.05) is 130 Å². The highest BCUT2D eigenvalue weighted by Gasteiger charge is 2.70. The maximum atomic E-state index is 7.82. The van der Waals surface area contributed by atoms with E-state index in [1.54, 1.807) is 0 Å². The van der Waals surface area contributed by atoms with E-state index in [0.717, 1.165) is 101 Å². The zero-order valence-corrected chi connectivity index (χ0v) is 59.6. The van der Waals surface area contributed by atoms with E-state index >= 15 is 0 Å². The van der Waals surface area contributed by atoms with Gasteiger partial charge in [-0.3, -0.25) is 42.1 Å². The molecule has 0 spiro atoms. The van der Waals surface area contributed by atoms with E-state index in [9.17, 15) is 0 Å². The summed E-state index contributed by atoms with van der Waals surface area (Å²) in [4.78, 5) is 2.77. The van der Waals surface area contributed by atoms with E-state index in [2.05, 4.69) is 68.0 Å². The minimum Gasteiger partial charge on any atom is -0.381 e. The Balaban J connectivity index is 0.911. The summed E-state index contributed by atoms with van der Waals surface area (Å²) < 4.78 is 59.7. The molecule has 530 valence electrons. The summed E-state index contributed by atoms with van der Waals surface area (Å²) in [6.07, 6.45) is 35.0. The summed E-state index contributed by atoms with van der Waals surface area (Å²) >= 11 is 0. The van der Waals surface area contributed by atoms with Gasteiger partial charge in [0.05, 0.1) is 98.2 Å². The lowest BCUT2D eigenvalue weighted by Gasteiger charge is -2.57. The van der Waals surface area contributed by atoms with Crippen molar-refractivity contribution in [3.05, 3.63) is 0 Å². The molecule has 93 heavy (non-hydrogen) atoms. The number of hydrogen-bond donors (Lipinski definition) is 7. The molecular formula is C77H134N8O8. The van der Waals surface area contributed by atoms with Crippen LogP contribution in [0.15, 0.2) is 0 Å². The van der Waals surface area contributed by atoms with Crippen molar-refractivity contribution in [1.82, 2.24) is 42.1 Å². The number of hydrogen-bond acceptors (Lipinski definition) is 16. The van der Waals surface area contributed by atoms with Crippen molar-refractivity contribution in [2.75, 3.05) is 61.9 Å². The highest BCUT2D eigenvalue weighted by atomic mass is 16.5. The van der Waals surface area contributed by atoms with Crippen molar-refractivity contribution in [1.29, 1.82) is 0 Å². The summed E-state index contributed by atoms with van der Waals surface area (Å²) in [5.74, 6) is 7.90. The highest BCUT2D eigenvalue weighted by molar-refractivity contribution is 5.20. The standard InChI is InChI=1S/C77H134N8O8/c1-10-14-34-90-66-50-38-42-26-18-19-27-43(42)39-51(50)67(91-35-15-11-2)57-56(66)71-78-70-54-55(63(87-7)47-31-23-22-30-46(47)62(54)86-6)74(81-70)83-76-60-61(65(89-9)49-33-25-24-32-48(49)64(60)88-8)77(85(76)5)84-75-59-58(73(82-75)80-72(57)79-71)68(92-36-16-12-3)52-40-44-28-20-21-29-45(44)41-53(52)69(59)93-37-17-13-4/h42-84H,10-41H2,1-9H3. The van der Waals surface area contributed by atoms with Crippen molar-refractivity contribution >= 4 is 0 Å². The summed E-state index contributed by atoms with van der Waals surface area (Å²) in [6, 6.07) is 0. The quantitative estimate of drug-likeness (QED) is 0.0576. The topological polar surface area (TPSA) is 161 Å². The predicted octanol–water partition coefficient (Wildman–Crippen LogP) is 10.8. The third kappa shape index (κ3) is 12.3. The van der Waals surface area contributed by atoms with Crippen LogP contribution in [-0.2, 0) is 37.9 Å². The maximum absolute atomic E-state index is 7.82. The van der Waals surface area contributed by atoms with E-state index in [-0.39, 0.29) is 146 Å². The molecule has 5 aliphatic heterocycles. The van der Waals surface area contributed by atoms with Crippen molar-refractivity contribution in [2.24, 2.45) is 118 Å². The number of ether oxygens (including phenoxy) is 8. The number of methoxy groups -OCH3 is 4. The third-order valence-electron chi connectivity index (χ3n) is 30.2. The van der Waals surface area contributed by atoms with Gasteiger partial charge in [0.15, 0.2) is 0 Å². The average Bonchev–Trinajstić information content (AvgIpc) is 1.62. The van der Waals surface area contributed by atoms with Crippen molar-refractivity contribution in [2.45, 2.75) is 306 Å². The molecule has 5 heterocycles. The van der Waals surface area contributed by atoms with Gasteiger partial charge in [-0.25, -0.2) is 0 Å². The average molecular weight is 1300 g/mol.